The number of rotatable bonds is 10. The second kappa shape index (κ2) is 11.0. The number of halogens is 1. The first-order chi connectivity index (χ1) is 11.4. The van der Waals surface area contributed by atoms with E-state index in [2.05, 4.69) is 10.6 Å². The molecule has 1 aromatic rings. The summed E-state index contributed by atoms with van der Waals surface area (Å²) in [6.45, 7) is 5.63. The Morgan fingerprint density at radius 2 is 1.79 bits per heavy atom. The first kappa shape index (κ1) is 20.4. The van der Waals surface area contributed by atoms with Gasteiger partial charge in [0, 0.05) is 23.9 Å². The van der Waals surface area contributed by atoms with Gasteiger partial charge in [-0.25, -0.2) is 0 Å². The first-order valence-electron chi connectivity index (χ1n) is 8.12. The molecular formula is C17H27ClN3O3+. The standard InChI is InChI=1S/C17H26ClN3O3/c1-13(2)24-10-4-9-19-16(22)11-21(3)12-17(23)20-15-7-5-14(18)6-8-15/h5-8,13H,4,9-12H2,1-3H3,(H,19,22)(H,20,23)/p+1. The molecule has 6 nitrogen and oxygen atoms in total. The highest BCUT2D eigenvalue weighted by Crippen LogP contribution is 2.12. The van der Waals surface area contributed by atoms with Crippen molar-refractivity contribution in [3.05, 3.63) is 29.3 Å². The van der Waals surface area contributed by atoms with Gasteiger partial charge in [0.25, 0.3) is 11.8 Å². The van der Waals surface area contributed by atoms with Crippen molar-refractivity contribution in [2.75, 3.05) is 38.6 Å². The largest absolute Gasteiger partial charge is 0.379 e. The fourth-order valence-electron chi connectivity index (χ4n) is 2.03. The molecule has 1 atom stereocenters. The minimum atomic E-state index is -0.145. The van der Waals surface area contributed by atoms with Gasteiger partial charge in [-0.05, 0) is 44.5 Å². The van der Waals surface area contributed by atoms with E-state index in [1.54, 1.807) is 24.3 Å². The normalized spacial score (nSPS) is 12.0. The molecule has 24 heavy (non-hydrogen) atoms. The van der Waals surface area contributed by atoms with Crippen molar-refractivity contribution in [1.82, 2.24) is 5.32 Å². The van der Waals surface area contributed by atoms with Crippen LogP contribution in [0.4, 0.5) is 5.69 Å². The van der Waals surface area contributed by atoms with Crippen molar-refractivity contribution in [3.63, 3.8) is 0 Å². The molecule has 0 bridgehead atoms. The predicted octanol–water partition coefficient (Wildman–Crippen LogP) is 0.725. The van der Waals surface area contributed by atoms with Crippen molar-refractivity contribution < 1.29 is 19.2 Å². The lowest BCUT2D eigenvalue weighted by molar-refractivity contribution is -0.862. The Balaban J connectivity index is 2.19. The molecule has 0 heterocycles. The van der Waals surface area contributed by atoms with Crippen LogP contribution in [0.2, 0.25) is 5.02 Å². The minimum absolute atomic E-state index is 0.0728. The van der Waals surface area contributed by atoms with Crippen LogP contribution in [0, 0.1) is 0 Å². The van der Waals surface area contributed by atoms with Gasteiger partial charge in [0.1, 0.15) is 0 Å². The molecule has 0 spiro atoms. The molecule has 0 aliphatic heterocycles. The molecule has 1 unspecified atom stereocenters. The maximum atomic E-state index is 11.9. The van der Waals surface area contributed by atoms with Crippen LogP contribution in [0.3, 0.4) is 0 Å². The number of ether oxygens (including phenoxy) is 1. The van der Waals surface area contributed by atoms with Crippen LogP contribution < -0.4 is 15.5 Å². The average molecular weight is 357 g/mol. The maximum Gasteiger partial charge on any atom is 0.279 e. The Kier molecular flexibility index (Phi) is 9.37. The van der Waals surface area contributed by atoms with Crippen LogP contribution in [-0.2, 0) is 14.3 Å². The molecule has 0 aromatic heterocycles. The molecular weight excluding hydrogens is 330 g/mol. The third-order valence-corrected chi connectivity index (χ3v) is 3.40. The van der Waals surface area contributed by atoms with Crippen molar-refractivity contribution in [2.45, 2.75) is 26.4 Å². The fraction of sp³-hybridized carbons (Fsp3) is 0.529. The number of hydrogen-bond acceptors (Lipinski definition) is 3. The summed E-state index contributed by atoms with van der Waals surface area (Å²) in [5.41, 5.74) is 0.687. The zero-order valence-electron chi connectivity index (χ0n) is 14.5. The Morgan fingerprint density at radius 1 is 1.17 bits per heavy atom. The van der Waals surface area contributed by atoms with E-state index in [9.17, 15) is 9.59 Å². The van der Waals surface area contributed by atoms with Gasteiger partial charge in [0.05, 0.1) is 13.2 Å². The highest BCUT2D eigenvalue weighted by Gasteiger charge is 2.14. The van der Waals surface area contributed by atoms with Crippen LogP contribution in [0.15, 0.2) is 24.3 Å². The average Bonchev–Trinajstić information content (AvgIpc) is 2.48. The molecule has 2 amide bonds. The van der Waals surface area contributed by atoms with E-state index in [0.717, 1.165) is 11.3 Å². The van der Waals surface area contributed by atoms with Gasteiger partial charge in [-0.2, -0.15) is 0 Å². The van der Waals surface area contributed by atoms with Gasteiger partial charge in [-0.3, -0.25) is 9.59 Å². The van der Waals surface area contributed by atoms with E-state index >= 15 is 0 Å². The number of likely N-dealkylation sites (N-methyl/N-ethyl adjacent to an activating group) is 1. The van der Waals surface area contributed by atoms with Crippen LogP contribution >= 0.6 is 11.6 Å². The molecule has 0 aliphatic carbocycles. The number of carbonyl (C=O) groups excluding carboxylic acids is 2. The second-order valence-corrected chi connectivity index (χ2v) is 6.43. The van der Waals surface area contributed by atoms with Gasteiger partial charge >= 0.3 is 0 Å². The van der Waals surface area contributed by atoms with E-state index in [0.29, 0.717) is 23.9 Å². The summed E-state index contributed by atoms with van der Waals surface area (Å²) in [4.78, 5) is 24.6. The number of quaternary nitrogens is 1. The zero-order chi connectivity index (χ0) is 17.9. The topological polar surface area (TPSA) is 71.9 Å². The van der Waals surface area contributed by atoms with E-state index in [4.69, 9.17) is 16.3 Å². The van der Waals surface area contributed by atoms with E-state index in [1.165, 1.54) is 0 Å². The number of carbonyl (C=O) groups is 2. The lowest BCUT2D eigenvalue weighted by Crippen LogP contribution is -3.11. The van der Waals surface area contributed by atoms with Crippen LogP contribution in [0.5, 0.6) is 0 Å². The third-order valence-electron chi connectivity index (χ3n) is 3.15. The molecule has 0 saturated carbocycles. The van der Waals surface area contributed by atoms with E-state index in [1.807, 2.05) is 20.9 Å². The lowest BCUT2D eigenvalue weighted by atomic mass is 10.3. The molecule has 134 valence electrons. The van der Waals surface area contributed by atoms with Gasteiger partial charge in [0.15, 0.2) is 13.1 Å². The van der Waals surface area contributed by atoms with Crippen molar-refractivity contribution in [1.29, 1.82) is 0 Å². The predicted molar refractivity (Wildman–Crippen MR) is 95.4 cm³/mol. The summed E-state index contributed by atoms with van der Waals surface area (Å²) in [7, 11) is 1.81. The molecule has 7 heteroatoms. The van der Waals surface area contributed by atoms with Gasteiger partial charge in [-0.15, -0.1) is 0 Å². The number of nitrogens with one attached hydrogen (secondary N) is 3. The smallest absolute Gasteiger partial charge is 0.279 e. The summed E-state index contributed by atoms with van der Waals surface area (Å²) >= 11 is 5.80. The third kappa shape index (κ3) is 9.50. The van der Waals surface area contributed by atoms with Gasteiger partial charge < -0.3 is 20.3 Å². The van der Waals surface area contributed by atoms with E-state index in [-0.39, 0.29) is 31.0 Å². The maximum absolute atomic E-state index is 11.9. The quantitative estimate of drug-likeness (QED) is 0.541. The summed E-state index contributed by atoms with van der Waals surface area (Å²) in [5, 5.41) is 6.22. The molecule has 0 fully saturated rings. The molecule has 0 radical (unpaired) electrons. The highest BCUT2D eigenvalue weighted by molar-refractivity contribution is 6.30. The van der Waals surface area contributed by atoms with Crippen molar-refractivity contribution >= 4 is 29.1 Å². The molecule has 1 aromatic carbocycles. The summed E-state index contributed by atoms with van der Waals surface area (Å²) in [5.74, 6) is -0.218. The Morgan fingerprint density at radius 3 is 2.42 bits per heavy atom. The van der Waals surface area contributed by atoms with E-state index < -0.39 is 0 Å². The minimum Gasteiger partial charge on any atom is -0.379 e. The molecule has 1 rings (SSSR count). The van der Waals surface area contributed by atoms with Gasteiger partial charge in [0.2, 0.25) is 0 Å². The van der Waals surface area contributed by atoms with Crippen LogP contribution in [0.1, 0.15) is 20.3 Å². The van der Waals surface area contributed by atoms with Gasteiger partial charge in [-0.1, -0.05) is 11.6 Å². The van der Waals surface area contributed by atoms with Crippen molar-refractivity contribution in [3.8, 4) is 0 Å². The zero-order valence-corrected chi connectivity index (χ0v) is 15.3. The number of anilines is 1. The summed E-state index contributed by atoms with van der Waals surface area (Å²) < 4.78 is 5.40. The lowest BCUT2D eigenvalue weighted by Gasteiger charge is -2.14. The van der Waals surface area contributed by atoms with Crippen molar-refractivity contribution in [2.24, 2.45) is 0 Å². The number of benzene rings is 1. The first-order valence-corrected chi connectivity index (χ1v) is 8.49. The SMILES string of the molecule is CC(C)OCCCNC(=O)C[NH+](C)CC(=O)Nc1ccc(Cl)cc1. The Bertz CT molecular complexity index is 520. The molecule has 0 saturated heterocycles. The summed E-state index contributed by atoms with van der Waals surface area (Å²) in [6, 6.07) is 6.90. The number of hydrogen-bond donors (Lipinski definition) is 3. The second-order valence-electron chi connectivity index (χ2n) is 5.99. The summed E-state index contributed by atoms with van der Waals surface area (Å²) in [6.07, 6.45) is 0.982. The monoisotopic (exact) mass is 356 g/mol. The molecule has 3 N–H and O–H groups in total. The Hall–Kier alpha value is -1.63. The highest BCUT2D eigenvalue weighted by atomic mass is 35.5. The molecule has 0 aliphatic rings. The van der Waals surface area contributed by atoms with Crippen LogP contribution in [0.25, 0.3) is 0 Å². The number of amides is 2. The Labute approximate surface area is 148 Å². The van der Waals surface area contributed by atoms with Crippen LogP contribution in [-0.4, -0.2) is 51.2 Å². The fourth-order valence-corrected chi connectivity index (χ4v) is 2.16.